The fourth-order valence-corrected chi connectivity index (χ4v) is 16.5. The van der Waals surface area contributed by atoms with Crippen molar-refractivity contribution < 1.29 is 130 Å². The summed E-state index contributed by atoms with van der Waals surface area (Å²) in [6, 6.07) is 53.8. The summed E-state index contributed by atoms with van der Waals surface area (Å²) in [5.74, 6) is 13.6. The van der Waals surface area contributed by atoms with E-state index < -0.39 is 78.3 Å². The van der Waals surface area contributed by atoms with Gasteiger partial charge in [0.1, 0.15) is 161 Å². The fourth-order valence-electron chi connectivity index (χ4n) is 16.5. The summed E-state index contributed by atoms with van der Waals surface area (Å²) in [5, 5.41) is 0. The van der Waals surface area contributed by atoms with Crippen molar-refractivity contribution in [3.05, 3.63) is 198 Å². The molecule has 0 N–H and O–H groups in total. The third-order valence-corrected chi connectivity index (χ3v) is 21.8. The molecule has 42 heteroatoms. The van der Waals surface area contributed by atoms with Gasteiger partial charge in [-0.15, -0.1) is 0 Å². The van der Waals surface area contributed by atoms with E-state index in [1.165, 1.54) is 23.1 Å². The molecular formula is C76H41B14O28. The fraction of sp³-hybridized carbons (Fsp3) is 0.0526. The lowest BCUT2D eigenvalue weighted by Gasteiger charge is -2.13. The third-order valence-electron chi connectivity index (χ3n) is 21.8. The molecule has 118 heavy (non-hydrogen) atoms. The summed E-state index contributed by atoms with van der Waals surface area (Å²) < 4.78 is 175. The summed E-state index contributed by atoms with van der Waals surface area (Å²) >= 11 is 0. The Morgan fingerprint density at radius 1 is 0.127 bits per heavy atom. The van der Waals surface area contributed by atoms with Gasteiger partial charge in [0.15, 0.2) is 0 Å². The van der Waals surface area contributed by atoms with Crippen LogP contribution < -0.4 is 190 Å². The van der Waals surface area contributed by atoms with Gasteiger partial charge < -0.3 is 130 Å². The zero-order valence-corrected chi connectivity index (χ0v) is 61.8. The van der Waals surface area contributed by atoms with Crippen LogP contribution in [-0.4, -0.2) is 101 Å². The smallest absolute Gasteiger partial charge is 0.524 e. The van der Waals surface area contributed by atoms with E-state index in [-0.39, 0.29) is 0 Å². The van der Waals surface area contributed by atoms with Crippen LogP contribution >= 0.6 is 0 Å². The van der Waals surface area contributed by atoms with Crippen molar-refractivity contribution in [2.75, 3.05) is 0 Å². The van der Waals surface area contributed by atoms with Gasteiger partial charge in [0.05, 0.1) is 0 Å². The highest BCUT2D eigenvalue weighted by Gasteiger charge is 2.51. The van der Waals surface area contributed by atoms with Crippen LogP contribution in [0.4, 0.5) is 0 Å². The van der Waals surface area contributed by atoms with Crippen LogP contribution in [0.3, 0.4) is 0 Å². The molecule has 12 aromatic rings. The van der Waals surface area contributed by atoms with Gasteiger partial charge >= 0.3 is 101 Å². The highest BCUT2D eigenvalue weighted by Crippen LogP contribution is 2.53. The molecule has 14 heterocycles. The lowest BCUT2D eigenvalue weighted by molar-refractivity contribution is 0.504. The summed E-state index contributed by atoms with van der Waals surface area (Å²) in [4.78, 5) is 0. The minimum atomic E-state index is -0.980. The quantitative estimate of drug-likeness (QED) is 0.169. The lowest BCUT2D eigenvalue weighted by atomic mass is 9.66. The normalized spacial score (nSPS) is 16.2. The molecule has 28 nitrogen and oxygen atoms in total. The molecule has 0 bridgehead atoms. The molecule has 0 aromatic heterocycles. The summed E-state index contributed by atoms with van der Waals surface area (Å²) in [6.07, 6.45) is 0. The SMILES string of the molecule is Cc1cc(B2Oc3cc4c(cc3O2)O[B]O4)cc(B2Oc3cc4c(cc3O2)OB(c2cc(C)cc(B3Oc5cc6c(cc5O3)OB(c3cc(B5Oc7cc8c(cc7O5)O[B]O8)cc(B5Oc7cc8c(cc7O5)OB(c5cc(C)cc(B7Oc9cc%10c(cc9O7)OB(c7cc(C)cc(B9Oc%11cc%12c(cc%11O9)O[B]O%12)c7)O%10)c5)O8)c3)O6)c2)O4)c1. The maximum absolute atomic E-state index is 6.64. The Morgan fingerprint density at radius 3 is 0.331 bits per heavy atom. The van der Waals surface area contributed by atoms with Crippen molar-refractivity contribution >= 4 is 161 Å². The first-order valence-electron chi connectivity index (χ1n) is 37.7. The Kier molecular flexibility index (Phi) is 13.9. The van der Waals surface area contributed by atoms with E-state index in [0.29, 0.717) is 177 Å². The highest BCUT2D eigenvalue weighted by molar-refractivity contribution is 6.73. The van der Waals surface area contributed by atoms with Crippen LogP contribution in [0.1, 0.15) is 22.3 Å². The second-order valence-electron chi connectivity index (χ2n) is 30.1. The Hall–Kier alpha value is -14.1. The molecule has 0 unspecified atom stereocenters. The second kappa shape index (κ2) is 24.7. The summed E-state index contributed by atoms with van der Waals surface area (Å²) in [5.41, 5.74) is 11.5. The van der Waals surface area contributed by atoms with Crippen molar-refractivity contribution in [1.82, 2.24) is 0 Å². The van der Waals surface area contributed by atoms with E-state index >= 15 is 0 Å². The molecule has 0 amide bonds. The van der Waals surface area contributed by atoms with Crippen LogP contribution in [0.5, 0.6) is 161 Å². The van der Waals surface area contributed by atoms with E-state index in [9.17, 15) is 0 Å². The van der Waals surface area contributed by atoms with Gasteiger partial charge in [-0.05, 0) is 27.7 Å². The van der Waals surface area contributed by atoms with Crippen molar-refractivity contribution in [2.45, 2.75) is 27.7 Å². The Morgan fingerprint density at radius 2 is 0.220 bits per heavy atom. The van der Waals surface area contributed by atoms with Gasteiger partial charge in [-0.1, -0.05) is 113 Å². The molecule has 14 aliphatic heterocycles. The van der Waals surface area contributed by atoms with Crippen LogP contribution in [0.25, 0.3) is 0 Å². The molecule has 3 radical (unpaired) electrons. The van der Waals surface area contributed by atoms with Gasteiger partial charge in [-0.25, -0.2) is 0 Å². The van der Waals surface area contributed by atoms with Gasteiger partial charge in [0.25, 0.3) is 0 Å². The van der Waals surface area contributed by atoms with E-state index in [1.807, 2.05) is 119 Å². The maximum atomic E-state index is 6.64. The standard InChI is InChI=1S/C76H41B14O28/c1-34-5-38(80-97-55-20-49-50(92-77-91-49)21-56(55)98-80)13-40(7-34)82-103-61-26-65-66(27-62(61)104-82)108-84(107-65)42-9-36(3)11-44(15-42)86-111-69-30-73-74(31-70(69)112-86)116-89(115-73)47-17-46(88-101-59-24-53-54(96-79-95-53)25-60(59)102-88)18-48(19-47)90-117-75-32-71-72(33-76(75)118-90)114-87(113-71)45-12-37(4)10-43(16-45)85-109-67-28-63-64(29-68(67)110-85)106-83(105-63)41-8-35(2)6-39(14-41)81-99-57-22-51-52(94-78-93-51)23-58(57)100-81/h5-33H,1-4H3. The highest BCUT2D eigenvalue weighted by atomic mass is 16.7. The second-order valence-corrected chi connectivity index (χ2v) is 30.1. The molecule has 0 fully saturated rings. The zero-order chi connectivity index (χ0) is 77.6. The van der Waals surface area contributed by atoms with Crippen LogP contribution in [0.15, 0.2) is 176 Å². The number of hydrogen-bond donors (Lipinski definition) is 0. The van der Waals surface area contributed by atoms with Crippen LogP contribution in [-0.2, 0) is 0 Å². The predicted octanol–water partition coefficient (Wildman–Crippen LogP) is 2.67. The molecule has 14 aliphatic rings. The molecule has 0 spiro atoms. The molecule has 0 saturated heterocycles. The Labute approximate surface area is 675 Å². The van der Waals surface area contributed by atoms with E-state index in [4.69, 9.17) is 130 Å². The van der Waals surface area contributed by atoms with E-state index in [2.05, 4.69) is 0 Å². The van der Waals surface area contributed by atoms with Crippen LogP contribution in [0, 0.1) is 27.7 Å². The first-order valence-corrected chi connectivity index (χ1v) is 37.7. The average Bonchev–Trinajstić information content (AvgIpc) is 1.61. The molecule has 26 rings (SSSR count). The molecule has 0 saturated carbocycles. The minimum Gasteiger partial charge on any atom is -0.524 e. The maximum Gasteiger partial charge on any atom is 0.658 e. The Bertz CT molecular complexity index is 5900. The third kappa shape index (κ3) is 11.0. The van der Waals surface area contributed by atoms with Crippen molar-refractivity contribution in [3.63, 3.8) is 0 Å². The monoisotopic (exact) mass is 1560 g/mol. The van der Waals surface area contributed by atoms with Gasteiger partial charge in [0, 0.05) is 145 Å². The number of rotatable bonds is 11. The minimum absolute atomic E-state index is 0.416. The average molecular weight is 1550 g/mol. The Balaban J connectivity index is 0.410. The number of hydrogen-bond acceptors (Lipinski definition) is 28. The number of aryl methyl sites for hydroxylation is 4. The van der Waals surface area contributed by atoms with Crippen molar-refractivity contribution in [3.8, 4) is 161 Å². The largest absolute Gasteiger partial charge is 0.658 e. The summed E-state index contributed by atoms with van der Waals surface area (Å²) in [7, 11) is -5.39. The van der Waals surface area contributed by atoms with Crippen LogP contribution in [0.2, 0.25) is 0 Å². The van der Waals surface area contributed by atoms with E-state index in [0.717, 1.165) is 66.0 Å². The van der Waals surface area contributed by atoms with E-state index in [1.54, 1.807) is 84.9 Å². The first-order chi connectivity index (χ1) is 57.7. The number of benzene rings is 12. The predicted molar refractivity (Wildman–Crippen MR) is 430 cm³/mol. The molecule has 555 valence electrons. The van der Waals surface area contributed by atoms with Crippen molar-refractivity contribution in [1.29, 1.82) is 0 Å². The van der Waals surface area contributed by atoms with Gasteiger partial charge in [-0.3, -0.25) is 0 Å². The van der Waals surface area contributed by atoms with Gasteiger partial charge in [-0.2, -0.15) is 0 Å². The van der Waals surface area contributed by atoms with Crippen molar-refractivity contribution in [2.24, 2.45) is 0 Å². The summed E-state index contributed by atoms with van der Waals surface area (Å²) in [6.45, 7) is 7.93. The van der Waals surface area contributed by atoms with Gasteiger partial charge in [0.2, 0.25) is 0 Å². The molecular weight excluding hydrogens is 1510 g/mol. The topological polar surface area (TPSA) is 258 Å². The molecule has 12 aromatic carbocycles. The zero-order valence-electron chi connectivity index (χ0n) is 61.8. The first kappa shape index (κ1) is 66.3. The molecule has 0 atom stereocenters. The number of fused-ring (bicyclic) bond motifs is 14. The molecule has 0 aliphatic carbocycles. The lowest BCUT2D eigenvalue weighted by Crippen LogP contribution is -2.51.